The third-order valence-corrected chi connectivity index (χ3v) is 4.55. The maximum atomic E-state index is 13.8. The van der Waals surface area contributed by atoms with Gasteiger partial charge < -0.3 is 5.32 Å². The number of nitrogens with one attached hydrogen (secondary N) is 1. The van der Waals surface area contributed by atoms with Gasteiger partial charge in [-0.1, -0.05) is 22.0 Å². The highest BCUT2D eigenvalue weighted by molar-refractivity contribution is 9.10. The van der Waals surface area contributed by atoms with Crippen LogP contribution in [0, 0.1) is 11.6 Å². The Morgan fingerprint density at radius 1 is 1.15 bits per heavy atom. The topological polar surface area (TPSA) is 12.0 Å². The number of rotatable bonds is 5. The average Bonchev–Trinajstić information content (AvgIpc) is 2.43. The molecule has 1 nitrogen and oxygen atoms in total. The highest BCUT2D eigenvalue weighted by atomic mass is 79.9. The standard InChI is InChI=1S/C15H14BrF2NS/c1-19-15(13-7-4-11(17)8-14(13)18)9-20-12-5-2-10(16)3-6-12/h2-8,15,19H,9H2,1H3. The van der Waals surface area contributed by atoms with Crippen molar-refractivity contribution in [1.29, 1.82) is 0 Å². The summed E-state index contributed by atoms with van der Waals surface area (Å²) in [6, 6.07) is 11.5. The normalized spacial score (nSPS) is 12.4. The van der Waals surface area contributed by atoms with E-state index in [2.05, 4.69) is 21.2 Å². The Labute approximate surface area is 129 Å². The molecule has 0 fully saturated rings. The van der Waals surface area contributed by atoms with E-state index < -0.39 is 11.6 Å². The van der Waals surface area contributed by atoms with Gasteiger partial charge in [0.1, 0.15) is 11.6 Å². The molecule has 1 atom stereocenters. The van der Waals surface area contributed by atoms with E-state index >= 15 is 0 Å². The zero-order valence-corrected chi connectivity index (χ0v) is 13.3. The van der Waals surface area contributed by atoms with Crippen molar-refractivity contribution in [3.63, 3.8) is 0 Å². The fourth-order valence-corrected chi connectivity index (χ4v) is 3.12. The van der Waals surface area contributed by atoms with Gasteiger partial charge in [-0.25, -0.2) is 8.78 Å². The van der Waals surface area contributed by atoms with Crippen LogP contribution in [-0.4, -0.2) is 12.8 Å². The predicted molar refractivity (Wildman–Crippen MR) is 83.0 cm³/mol. The molecule has 1 N–H and O–H groups in total. The highest BCUT2D eigenvalue weighted by Gasteiger charge is 2.15. The second-order valence-electron chi connectivity index (χ2n) is 4.27. The Hall–Kier alpha value is -0.910. The molecule has 2 aromatic carbocycles. The van der Waals surface area contributed by atoms with Gasteiger partial charge in [0, 0.05) is 32.8 Å². The van der Waals surface area contributed by atoms with Crippen molar-refractivity contribution < 1.29 is 8.78 Å². The van der Waals surface area contributed by atoms with Crippen molar-refractivity contribution in [2.75, 3.05) is 12.8 Å². The lowest BCUT2D eigenvalue weighted by Crippen LogP contribution is -2.20. The van der Waals surface area contributed by atoms with Gasteiger partial charge >= 0.3 is 0 Å². The lowest BCUT2D eigenvalue weighted by Gasteiger charge is -2.17. The van der Waals surface area contributed by atoms with Gasteiger partial charge in [-0.2, -0.15) is 0 Å². The van der Waals surface area contributed by atoms with Crippen LogP contribution in [0.15, 0.2) is 51.8 Å². The minimum absolute atomic E-state index is 0.163. The maximum Gasteiger partial charge on any atom is 0.130 e. The van der Waals surface area contributed by atoms with E-state index in [0.717, 1.165) is 15.4 Å². The van der Waals surface area contributed by atoms with E-state index in [1.165, 1.54) is 12.1 Å². The first-order valence-electron chi connectivity index (χ1n) is 6.10. The zero-order valence-electron chi connectivity index (χ0n) is 10.9. The lowest BCUT2D eigenvalue weighted by molar-refractivity contribution is 0.545. The molecule has 0 spiro atoms. The first-order valence-corrected chi connectivity index (χ1v) is 7.88. The molecule has 1 unspecified atom stereocenters. The minimum atomic E-state index is -0.554. The molecular formula is C15H14BrF2NS. The summed E-state index contributed by atoms with van der Waals surface area (Å²) in [7, 11) is 1.77. The van der Waals surface area contributed by atoms with Gasteiger partial charge in [0.2, 0.25) is 0 Å². The first kappa shape index (κ1) is 15.5. The second-order valence-corrected chi connectivity index (χ2v) is 6.28. The quantitative estimate of drug-likeness (QED) is 0.772. The summed E-state index contributed by atoms with van der Waals surface area (Å²) in [4.78, 5) is 1.11. The van der Waals surface area contributed by atoms with Crippen LogP contribution in [0.1, 0.15) is 11.6 Å². The van der Waals surface area contributed by atoms with E-state index in [9.17, 15) is 8.78 Å². The summed E-state index contributed by atoms with van der Waals surface area (Å²) in [5.41, 5.74) is 0.485. The fraction of sp³-hybridized carbons (Fsp3) is 0.200. The van der Waals surface area contributed by atoms with Gasteiger partial charge in [-0.3, -0.25) is 0 Å². The molecule has 0 bridgehead atoms. The van der Waals surface area contributed by atoms with E-state index in [0.29, 0.717) is 11.3 Å². The highest BCUT2D eigenvalue weighted by Crippen LogP contribution is 2.27. The molecule has 0 saturated carbocycles. The van der Waals surface area contributed by atoms with Crippen LogP contribution < -0.4 is 5.32 Å². The molecule has 0 saturated heterocycles. The van der Waals surface area contributed by atoms with Crippen molar-refractivity contribution in [1.82, 2.24) is 5.32 Å². The van der Waals surface area contributed by atoms with Crippen LogP contribution in [0.4, 0.5) is 8.78 Å². The van der Waals surface area contributed by atoms with E-state index in [1.807, 2.05) is 24.3 Å². The fourth-order valence-electron chi connectivity index (χ4n) is 1.82. The molecule has 0 aliphatic carbocycles. The largest absolute Gasteiger partial charge is 0.312 e. The third kappa shape index (κ3) is 4.04. The Bertz CT molecular complexity index is 575. The van der Waals surface area contributed by atoms with Gasteiger partial charge in [-0.15, -0.1) is 11.8 Å². The lowest BCUT2D eigenvalue weighted by atomic mass is 10.1. The number of halogens is 3. The first-order chi connectivity index (χ1) is 9.60. The zero-order chi connectivity index (χ0) is 14.5. The number of hydrogen-bond acceptors (Lipinski definition) is 2. The number of hydrogen-bond donors (Lipinski definition) is 1. The van der Waals surface area contributed by atoms with Gasteiger partial charge in [0.15, 0.2) is 0 Å². The molecule has 0 aromatic heterocycles. The Balaban J connectivity index is 2.07. The van der Waals surface area contributed by atoms with Gasteiger partial charge in [-0.05, 0) is 37.4 Å². The summed E-state index contributed by atoms with van der Waals surface area (Å²) in [6.07, 6.45) is 0. The van der Waals surface area contributed by atoms with E-state index in [1.54, 1.807) is 18.8 Å². The summed E-state index contributed by atoms with van der Waals surface area (Å²) in [5.74, 6) is -0.400. The summed E-state index contributed by atoms with van der Waals surface area (Å²) < 4.78 is 27.7. The minimum Gasteiger partial charge on any atom is -0.312 e. The average molecular weight is 358 g/mol. The van der Waals surface area contributed by atoms with Crippen LogP contribution >= 0.6 is 27.7 Å². The second kappa shape index (κ2) is 7.20. The molecule has 2 aromatic rings. The summed E-state index contributed by atoms with van der Waals surface area (Å²) in [6.45, 7) is 0. The summed E-state index contributed by atoms with van der Waals surface area (Å²) >= 11 is 5.01. The van der Waals surface area contributed by atoms with Crippen LogP contribution in [-0.2, 0) is 0 Å². The molecule has 0 aliphatic rings. The van der Waals surface area contributed by atoms with Crippen molar-refractivity contribution in [3.8, 4) is 0 Å². The molecular weight excluding hydrogens is 344 g/mol. The summed E-state index contributed by atoms with van der Waals surface area (Å²) in [5, 5.41) is 3.07. The third-order valence-electron chi connectivity index (χ3n) is 2.92. The van der Waals surface area contributed by atoms with Crippen molar-refractivity contribution in [2.45, 2.75) is 10.9 Å². The molecule has 0 radical (unpaired) electrons. The molecule has 0 aliphatic heterocycles. The van der Waals surface area contributed by atoms with Crippen LogP contribution in [0.2, 0.25) is 0 Å². The van der Waals surface area contributed by atoms with Gasteiger partial charge in [0.25, 0.3) is 0 Å². The van der Waals surface area contributed by atoms with Gasteiger partial charge in [0.05, 0.1) is 0 Å². The molecule has 5 heteroatoms. The van der Waals surface area contributed by atoms with Crippen molar-refractivity contribution in [2.24, 2.45) is 0 Å². The van der Waals surface area contributed by atoms with Crippen molar-refractivity contribution >= 4 is 27.7 Å². The Morgan fingerprint density at radius 2 is 1.85 bits per heavy atom. The van der Waals surface area contributed by atoms with Crippen LogP contribution in [0.3, 0.4) is 0 Å². The number of benzene rings is 2. The molecule has 106 valence electrons. The Morgan fingerprint density at radius 3 is 2.45 bits per heavy atom. The van der Waals surface area contributed by atoms with E-state index in [-0.39, 0.29) is 6.04 Å². The predicted octanol–water partition coefficient (Wildman–Crippen LogP) is 4.78. The van der Waals surface area contributed by atoms with E-state index in [4.69, 9.17) is 0 Å². The molecule has 0 heterocycles. The molecule has 0 amide bonds. The Kier molecular flexibility index (Phi) is 5.57. The van der Waals surface area contributed by atoms with Crippen molar-refractivity contribution in [3.05, 3.63) is 64.1 Å². The smallest absolute Gasteiger partial charge is 0.130 e. The van der Waals surface area contributed by atoms with Crippen LogP contribution in [0.5, 0.6) is 0 Å². The van der Waals surface area contributed by atoms with Crippen LogP contribution in [0.25, 0.3) is 0 Å². The maximum absolute atomic E-state index is 13.8. The number of thioether (sulfide) groups is 1. The molecule has 20 heavy (non-hydrogen) atoms. The monoisotopic (exact) mass is 357 g/mol. The molecule has 2 rings (SSSR count). The SMILES string of the molecule is CNC(CSc1ccc(Br)cc1)c1ccc(F)cc1F.